The Bertz CT molecular complexity index is 1280. The molecule has 0 bridgehead atoms. The Morgan fingerprint density at radius 3 is 2.70 bits per heavy atom. The lowest BCUT2D eigenvalue weighted by Gasteiger charge is -2.39. The van der Waals surface area contributed by atoms with Crippen LogP contribution in [0, 0.1) is 11.8 Å². The first kappa shape index (κ1) is 29.8. The van der Waals surface area contributed by atoms with Crippen LogP contribution in [-0.4, -0.2) is 47.7 Å². The van der Waals surface area contributed by atoms with Crippen molar-refractivity contribution >= 4 is 16.9 Å². The Balaban J connectivity index is 1.36. The number of nitrogens with zero attached hydrogens (tertiary/aromatic N) is 2. The highest BCUT2D eigenvalue weighted by Gasteiger charge is 2.33. The van der Waals surface area contributed by atoms with Gasteiger partial charge in [-0.3, -0.25) is 9.78 Å². The lowest BCUT2D eigenvalue weighted by molar-refractivity contribution is -0.138. The average molecular weight is 561 g/mol. The van der Waals surface area contributed by atoms with Crippen LogP contribution in [0.3, 0.4) is 0 Å². The largest absolute Gasteiger partial charge is 0.497 e. The summed E-state index contributed by atoms with van der Waals surface area (Å²) in [7, 11) is 1.56. The third kappa shape index (κ3) is 7.71. The number of methoxy groups -OCH3 is 1. The van der Waals surface area contributed by atoms with Gasteiger partial charge in [-0.15, -0.1) is 0 Å². The minimum atomic E-state index is -4.38. The normalized spacial score (nSPS) is 19.0. The van der Waals surface area contributed by atoms with Gasteiger partial charge in [-0.05, 0) is 105 Å². The number of aryl methyl sites for hydroxylation is 1. The average Bonchev–Trinajstić information content (AvgIpc) is 2.94. The second-order valence-electron chi connectivity index (χ2n) is 10.6. The SMILES string of the molecule is COc1ccc2nccc(C(F)CC[C@@H]3CCN(CCCc4ccccc4C(F)(F)F)C[C@@H]3CCC(=O)O)c2c1. The number of carboxylic acids is 1. The van der Waals surface area contributed by atoms with Crippen molar-refractivity contribution in [2.24, 2.45) is 11.8 Å². The second kappa shape index (κ2) is 13.4. The molecule has 3 atom stereocenters. The number of halogens is 4. The molecule has 2 heterocycles. The van der Waals surface area contributed by atoms with E-state index in [1.807, 2.05) is 6.07 Å². The summed E-state index contributed by atoms with van der Waals surface area (Å²) in [6, 6.07) is 12.8. The summed E-state index contributed by atoms with van der Waals surface area (Å²) in [4.78, 5) is 17.9. The molecule has 1 aliphatic rings. The van der Waals surface area contributed by atoms with E-state index in [2.05, 4.69) is 9.88 Å². The van der Waals surface area contributed by atoms with Crippen LogP contribution in [0.5, 0.6) is 5.75 Å². The first-order valence-corrected chi connectivity index (χ1v) is 13.8. The number of hydrogen-bond acceptors (Lipinski definition) is 4. The Kier molecular flexibility index (Phi) is 10.0. The van der Waals surface area contributed by atoms with Crippen molar-refractivity contribution in [2.45, 2.75) is 57.3 Å². The molecule has 3 aromatic rings. The zero-order valence-electron chi connectivity index (χ0n) is 22.7. The number of carboxylic acid groups (broad SMARTS) is 1. The molecule has 40 heavy (non-hydrogen) atoms. The van der Waals surface area contributed by atoms with Gasteiger partial charge >= 0.3 is 12.1 Å². The highest BCUT2D eigenvalue weighted by Crippen LogP contribution is 2.37. The summed E-state index contributed by atoms with van der Waals surface area (Å²) in [5, 5.41) is 10.0. The molecule has 0 saturated carbocycles. The molecule has 0 aliphatic carbocycles. The van der Waals surface area contributed by atoms with Crippen molar-refractivity contribution in [3.05, 3.63) is 71.4 Å². The number of hydrogen-bond donors (Lipinski definition) is 1. The van der Waals surface area contributed by atoms with E-state index < -0.39 is 23.9 Å². The molecular formula is C31H36F4N2O3. The number of aromatic nitrogens is 1. The van der Waals surface area contributed by atoms with Crippen LogP contribution in [0.4, 0.5) is 17.6 Å². The van der Waals surface area contributed by atoms with E-state index in [1.165, 1.54) is 12.1 Å². The predicted octanol–water partition coefficient (Wildman–Crippen LogP) is 7.49. The third-order valence-corrected chi connectivity index (χ3v) is 8.06. The van der Waals surface area contributed by atoms with E-state index in [-0.39, 0.29) is 18.3 Å². The van der Waals surface area contributed by atoms with E-state index in [4.69, 9.17) is 4.74 Å². The van der Waals surface area contributed by atoms with Gasteiger partial charge in [0, 0.05) is 24.5 Å². The number of aliphatic carboxylic acids is 1. The molecule has 2 aromatic carbocycles. The van der Waals surface area contributed by atoms with Crippen LogP contribution in [0.2, 0.25) is 0 Å². The first-order valence-electron chi connectivity index (χ1n) is 13.8. The minimum absolute atomic E-state index is 0.0435. The van der Waals surface area contributed by atoms with E-state index in [0.29, 0.717) is 67.6 Å². The first-order chi connectivity index (χ1) is 19.2. The van der Waals surface area contributed by atoms with Gasteiger partial charge in [0.05, 0.1) is 18.2 Å². The molecular weight excluding hydrogens is 524 g/mol. The predicted molar refractivity (Wildman–Crippen MR) is 146 cm³/mol. The minimum Gasteiger partial charge on any atom is -0.497 e. The van der Waals surface area contributed by atoms with Crippen molar-refractivity contribution < 1.29 is 32.2 Å². The summed E-state index contributed by atoms with van der Waals surface area (Å²) in [6.07, 6.45) is -0.756. The van der Waals surface area contributed by atoms with Crippen molar-refractivity contribution in [2.75, 3.05) is 26.7 Å². The maximum atomic E-state index is 15.6. The van der Waals surface area contributed by atoms with Crippen molar-refractivity contribution in [3.63, 3.8) is 0 Å². The van der Waals surface area contributed by atoms with E-state index in [1.54, 1.807) is 37.6 Å². The van der Waals surface area contributed by atoms with Gasteiger partial charge < -0.3 is 14.7 Å². The van der Waals surface area contributed by atoms with Crippen LogP contribution >= 0.6 is 0 Å². The molecule has 0 amide bonds. The van der Waals surface area contributed by atoms with Crippen LogP contribution in [0.15, 0.2) is 54.7 Å². The maximum absolute atomic E-state index is 15.6. The van der Waals surface area contributed by atoms with E-state index in [0.717, 1.165) is 24.4 Å². The number of pyridine rings is 1. The smallest absolute Gasteiger partial charge is 0.416 e. The number of rotatable bonds is 12. The number of alkyl halides is 4. The molecule has 1 aromatic heterocycles. The summed E-state index contributed by atoms with van der Waals surface area (Å²) in [6.45, 7) is 2.08. The summed E-state index contributed by atoms with van der Waals surface area (Å²) >= 11 is 0. The van der Waals surface area contributed by atoms with Crippen LogP contribution < -0.4 is 4.74 Å². The standard InChI is InChI=1S/C31H36F4N2O3/c1-40-24-10-12-29-26(19-24)25(14-16-36-29)28(32)11-8-21-15-18-37(20-23(21)9-13-30(38)39)17-4-6-22-5-2-3-7-27(22)31(33,34)35/h2-3,5,7,10,12,14,16,19,21,23,28H,4,6,8-9,11,13,15,17-18,20H2,1H3,(H,38,39)/t21-,23+,28?/m1/s1. The Morgan fingerprint density at radius 2 is 1.95 bits per heavy atom. The highest BCUT2D eigenvalue weighted by molar-refractivity contribution is 5.83. The number of benzene rings is 2. The van der Waals surface area contributed by atoms with E-state index in [9.17, 15) is 23.1 Å². The lowest BCUT2D eigenvalue weighted by Crippen LogP contribution is -2.41. The van der Waals surface area contributed by atoms with Crippen molar-refractivity contribution in [1.29, 1.82) is 0 Å². The molecule has 0 spiro atoms. The molecule has 0 radical (unpaired) electrons. The molecule has 1 N–H and O–H groups in total. The molecule has 1 fully saturated rings. The number of carbonyl (C=O) groups is 1. The molecule has 1 unspecified atom stereocenters. The van der Waals surface area contributed by atoms with Crippen molar-refractivity contribution in [3.8, 4) is 5.75 Å². The number of piperidine rings is 1. The van der Waals surface area contributed by atoms with Crippen LogP contribution in [0.1, 0.15) is 61.4 Å². The Labute approximate surface area is 232 Å². The number of ether oxygens (including phenoxy) is 1. The summed E-state index contributed by atoms with van der Waals surface area (Å²) in [5.41, 5.74) is 0.978. The molecule has 216 valence electrons. The summed E-state index contributed by atoms with van der Waals surface area (Å²) < 4.78 is 60.9. The van der Waals surface area contributed by atoms with Gasteiger partial charge in [-0.25, -0.2) is 4.39 Å². The highest BCUT2D eigenvalue weighted by atomic mass is 19.4. The quantitative estimate of drug-likeness (QED) is 0.233. The van der Waals surface area contributed by atoms with Crippen molar-refractivity contribution in [1.82, 2.24) is 9.88 Å². The molecule has 1 saturated heterocycles. The molecule has 4 rings (SSSR count). The molecule has 1 aliphatic heterocycles. The zero-order valence-corrected chi connectivity index (χ0v) is 22.7. The van der Waals surface area contributed by atoms with E-state index >= 15 is 4.39 Å². The Hall–Kier alpha value is -3.20. The number of likely N-dealkylation sites (tertiary alicyclic amines) is 1. The second-order valence-corrected chi connectivity index (χ2v) is 10.6. The van der Waals surface area contributed by atoms with Gasteiger partial charge in [0.25, 0.3) is 0 Å². The number of fused-ring (bicyclic) bond motifs is 1. The fraction of sp³-hybridized carbons (Fsp3) is 0.484. The Morgan fingerprint density at radius 1 is 1.15 bits per heavy atom. The van der Waals surface area contributed by atoms with Gasteiger partial charge in [0.2, 0.25) is 0 Å². The fourth-order valence-electron chi connectivity index (χ4n) is 5.95. The maximum Gasteiger partial charge on any atom is 0.416 e. The summed E-state index contributed by atoms with van der Waals surface area (Å²) in [5.74, 6) is 0.0494. The third-order valence-electron chi connectivity index (χ3n) is 8.06. The topological polar surface area (TPSA) is 62.7 Å². The van der Waals surface area contributed by atoms with Gasteiger partial charge in [-0.1, -0.05) is 18.2 Å². The van der Waals surface area contributed by atoms with Gasteiger partial charge in [0.15, 0.2) is 0 Å². The zero-order chi connectivity index (χ0) is 28.7. The van der Waals surface area contributed by atoms with Crippen LogP contribution in [0.25, 0.3) is 10.9 Å². The monoisotopic (exact) mass is 560 g/mol. The molecule has 5 nitrogen and oxygen atoms in total. The molecule has 9 heteroatoms. The van der Waals surface area contributed by atoms with Crippen LogP contribution in [-0.2, 0) is 17.4 Å². The van der Waals surface area contributed by atoms with Gasteiger partial charge in [-0.2, -0.15) is 13.2 Å². The lowest BCUT2D eigenvalue weighted by atomic mass is 9.79. The fourth-order valence-corrected chi connectivity index (χ4v) is 5.95. The van der Waals surface area contributed by atoms with Gasteiger partial charge in [0.1, 0.15) is 11.9 Å².